The number of unbranched alkanes of at least 4 members (excludes halogenated alkanes) is 7. The van der Waals surface area contributed by atoms with Crippen molar-refractivity contribution < 1.29 is 19.2 Å². The lowest BCUT2D eigenvalue weighted by Crippen LogP contribution is -2.67. The largest absolute Gasteiger partial charge is 0.469 e. The molecule has 9 atom stereocenters. The van der Waals surface area contributed by atoms with Gasteiger partial charge in [0.15, 0.2) is 0 Å². The lowest BCUT2D eigenvalue weighted by Gasteiger charge is -2.72. The number of amides is 1. The molecule has 6 fully saturated rings. The summed E-state index contributed by atoms with van der Waals surface area (Å²) in [5, 5.41) is 8.46. The van der Waals surface area contributed by atoms with Gasteiger partial charge in [-0.05, 0) is 137 Å². The Hall–Kier alpha value is -1.93. The van der Waals surface area contributed by atoms with Crippen molar-refractivity contribution in [1.29, 1.82) is 0 Å². The first-order valence-corrected chi connectivity index (χ1v) is 23.7. The van der Waals surface area contributed by atoms with Gasteiger partial charge < -0.3 is 19.8 Å². The van der Waals surface area contributed by atoms with E-state index in [1.54, 1.807) is 0 Å². The maximum absolute atomic E-state index is 14.5. The van der Waals surface area contributed by atoms with E-state index < -0.39 is 0 Å². The standard InChI is InChI=1S/C49H84N4O4/c1-36(2)37-21-26-49(44(55)50-29-17-15-13-11-10-12-14-16-18-42(54)56-9)28-27-47(6)38(43(37)49)19-20-40-46(5)24-23-41(45(3,4)39(46)22-25-48(40,47)7)51-57-35-34-53-32-30-52(8)31-33-53/h37-40,43H,1,10-35H2,2-9H3,(H,50,55)/t37-,38+,39-,40?,43+,46-,47+,48+,49-/m0/s1. The summed E-state index contributed by atoms with van der Waals surface area (Å²) in [7, 11) is 3.67. The van der Waals surface area contributed by atoms with Crippen molar-refractivity contribution in [2.75, 3.05) is 60.0 Å². The third-order valence-corrected chi connectivity index (χ3v) is 18.4. The van der Waals surface area contributed by atoms with Crippen LogP contribution in [0.2, 0.25) is 0 Å². The molecule has 57 heavy (non-hydrogen) atoms. The molecule has 6 rings (SSSR count). The van der Waals surface area contributed by atoms with E-state index >= 15 is 0 Å². The molecule has 0 bridgehead atoms. The van der Waals surface area contributed by atoms with Gasteiger partial charge in [-0.1, -0.05) is 90.5 Å². The average molecular weight is 793 g/mol. The van der Waals surface area contributed by atoms with Crippen LogP contribution in [0.15, 0.2) is 17.3 Å². The number of rotatable bonds is 17. The highest BCUT2D eigenvalue weighted by Crippen LogP contribution is 2.77. The molecule has 5 aliphatic carbocycles. The average Bonchev–Trinajstić information content (AvgIpc) is 3.58. The molecule has 0 spiro atoms. The van der Waals surface area contributed by atoms with E-state index in [9.17, 15) is 9.59 Å². The Morgan fingerprint density at radius 1 is 0.807 bits per heavy atom. The van der Waals surface area contributed by atoms with E-state index in [2.05, 4.69) is 70.3 Å². The third kappa shape index (κ3) is 8.67. The molecule has 324 valence electrons. The van der Waals surface area contributed by atoms with E-state index in [4.69, 9.17) is 14.7 Å². The molecule has 8 nitrogen and oxygen atoms in total. The zero-order chi connectivity index (χ0) is 41.1. The number of nitrogens with one attached hydrogen (secondary N) is 1. The molecular formula is C49H84N4O4. The van der Waals surface area contributed by atoms with Gasteiger partial charge in [0.2, 0.25) is 5.91 Å². The lowest BCUT2D eigenvalue weighted by molar-refractivity contribution is -0.227. The van der Waals surface area contributed by atoms with E-state index in [-0.39, 0.29) is 33.0 Å². The third-order valence-electron chi connectivity index (χ3n) is 18.4. The van der Waals surface area contributed by atoms with Crippen molar-refractivity contribution in [3.8, 4) is 0 Å². The maximum atomic E-state index is 14.5. The monoisotopic (exact) mass is 793 g/mol. The van der Waals surface area contributed by atoms with E-state index in [0.717, 1.165) is 84.2 Å². The minimum absolute atomic E-state index is 0.0308. The Kier molecular flexibility index (Phi) is 14.4. The minimum atomic E-state index is -0.245. The molecule has 1 saturated heterocycles. The molecule has 8 heteroatoms. The second-order valence-electron chi connectivity index (χ2n) is 21.5. The van der Waals surface area contributed by atoms with Crippen LogP contribution < -0.4 is 5.32 Å². The molecule has 1 N–H and O–H groups in total. The Morgan fingerprint density at radius 2 is 1.49 bits per heavy atom. The quantitative estimate of drug-likeness (QED) is 0.0684. The highest BCUT2D eigenvalue weighted by atomic mass is 16.6. The van der Waals surface area contributed by atoms with Gasteiger partial charge in [0.05, 0.1) is 18.2 Å². The number of methoxy groups -OCH3 is 1. The number of allylic oxidation sites excluding steroid dienone is 1. The van der Waals surface area contributed by atoms with Crippen LogP contribution in [0.3, 0.4) is 0 Å². The van der Waals surface area contributed by atoms with Crippen LogP contribution in [-0.2, 0) is 19.2 Å². The summed E-state index contributed by atoms with van der Waals surface area (Å²) in [6.45, 7) is 26.8. The van der Waals surface area contributed by atoms with E-state index in [1.165, 1.54) is 89.0 Å². The summed E-state index contributed by atoms with van der Waals surface area (Å²) in [6.07, 6.45) is 21.3. The van der Waals surface area contributed by atoms with Crippen molar-refractivity contribution in [2.45, 2.75) is 164 Å². The zero-order valence-corrected chi connectivity index (χ0v) is 38.0. The molecule has 6 aliphatic rings. The number of hydrogen-bond donors (Lipinski definition) is 1. The second-order valence-corrected chi connectivity index (χ2v) is 21.5. The van der Waals surface area contributed by atoms with Gasteiger partial charge in [0.1, 0.15) is 6.61 Å². The van der Waals surface area contributed by atoms with Crippen LogP contribution in [0.5, 0.6) is 0 Å². The van der Waals surface area contributed by atoms with Gasteiger partial charge in [-0.25, -0.2) is 0 Å². The number of nitrogens with zero attached hydrogens (tertiary/aromatic N) is 3. The predicted octanol–water partition coefficient (Wildman–Crippen LogP) is 10.1. The summed E-state index contributed by atoms with van der Waals surface area (Å²) >= 11 is 0. The first kappa shape index (κ1) is 44.6. The van der Waals surface area contributed by atoms with Crippen LogP contribution in [0.4, 0.5) is 0 Å². The van der Waals surface area contributed by atoms with Crippen molar-refractivity contribution in [3.05, 3.63) is 12.2 Å². The van der Waals surface area contributed by atoms with Crippen LogP contribution in [-0.4, -0.2) is 87.4 Å². The Labute approximate surface area is 348 Å². The molecule has 0 aromatic carbocycles. The highest BCUT2D eigenvalue weighted by Gasteiger charge is 2.71. The topological polar surface area (TPSA) is 83.5 Å². The molecule has 0 aromatic heterocycles. The number of carbonyl (C=O) groups excluding carboxylic acids is 2. The summed E-state index contributed by atoms with van der Waals surface area (Å²) in [5.41, 5.74) is 3.15. The van der Waals surface area contributed by atoms with Crippen LogP contribution >= 0.6 is 0 Å². The molecule has 1 aliphatic heterocycles. The van der Waals surface area contributed by atoms with Crippen LogP contribution in [0.25, 0.3) is 0 Å². The van der Waals surface area contributed by atoms with Gasteiger partial charge in [-0.15, -0.1) is 0 Å². The number of oxime groups is 1. The van der Waals surface area contributed by atoms with E-state index in [0.29, 0.717) is 48.5 Å². The molecule has 1 heterocycles. The number of ether oxygens (including phenoxy) is 1. The number of carbonyl (C=O) groups is 2. The Morgan fingerprint density at radius 3 is 2.18 bits per heavy atom. The van der Waals surface area contributed by atoms with Crippen molar-refractivity contribution in [3.63, 3.8) is 0 Å². The fourth-order valence-corrected chi connectivity index (χ4v) is 14.8. The van der Waals surface area contributed by atoms with Gasteiger partial charge in [-0.3, -0.25) is 14.5 Å². The van der Waals surface area contributed by atoms with Gasteiger partial charge in [0, 0.05) is 51.1 Å². The van der Waals surface area contributed by atoms with Crippen molar-refractivity contribution >= 4 is 17.6 Å². The first-order chi connectivity index (χ1) is 27.1. The molecular weight excluding hydrogens is 709 g/mol. The second kappa shape index (κ2) is 18.4. The van der Waals surface area contributed by atoms with E-state index in [1.807, 2.05) is 0 Å². The molecule has 1 unspecified atom stereocenters. The van der Waals surface area contributed by atoms with Crippen LogP contribution in [0.1, 0.15) is 164 Å². The lowest BCUT2D eigenvalue weighted by atomic mass is 9.32. The fraction of sp³-hybridized carbons (Fsp3) is 0.898. The molecule has 0 radical (unpaired) electrons. The maximum Gasteiger partial charge on any atom is 0.305 e. The number of hydrogen-bond acceptors (Lipinski definition) is 7. The summed E-state index contributed by atoms with van der Waals surface area (Å²) in [6, 6.07) is 0. The van der Waals surface area contributed by atoms with Crippen molar-refractivity contribution in [1.82, 2.24) is 15.1 Å². The summed E-state index contributed by atoms with van der Waals surface area (Å²) < 4.78 is 4.75. The predicted molar refractivity (Wildman–Crippen MR) is 233 cm³/mol. The number of esters is 1. The number of fused-ring (bicyclic) bond motifs is 7. The number of likely N-dealkylation sites (N-methyl/N-ethyl adjacent to an activating group) is 1. The van der Waals surface area contributed by atoms with Crippen LogP contribution in [0, 0.1) is 56.7 Å². The fourth-order valence-electron chi connectivity index (χ4n) is 14.8. The zero-order valence-electron chi connectivity index (χ0n) is 38.0. The Balaban J connectivity index is 1.06. The molecule has 1 amide bonds. The normalized spacial score (nSPS) is 38.4. The van der Waals surface area contributed by atoms with Gasteiger partial charge in [0.25, 0.3) is 0 Å². The molecule has 5 saturated carbocycles. The highest BCUT2D eigenvalue weighted by molar-refractivity contribution is 5.90. The summed E-state index contributed by atoms with van der Waals surface area (Å²) in [4.78, 5) is 36.9. The smallest absolute Gasteiger partial charge is 0.305 e. The van der Waals surface area contributed by atoms with Crippen molar-refractivity contribution in [2.24, 2.45) is 61.8 Å². The minimum Gasteiger partial charge on any atom is -0.469 e. The van der Waals surface area contributed by atoms with Gasteiger partial charge >= 0.3 is 5.97 Å². The first-order valence-electron chi connectivity index (χ1n) is 23.7. The van der Waals surface area contributed by atoms with Gasteiger partial charge in [-0.2, -0.15) is 0 Å². The molecule has 0 aromatic rings. The number of piperazine rings is 1. The summed E-state index contributed by atoms with van der Waals surface area (Å²) in [5.74, 6) is 2.98. The Bertz CT molecular complexity index is 1440. The SMILES string of the molecule is C=C(C)[C@@H]1CC[C@]2(C(=O)NCCCCCCCCCCC(=O)OC)CC[C@]3(C)[C@H](CCC4[C@@]5(C)CCC(=NOCCN6CCN(C)CC6)C(C)(C)[C@@H]5CC[C@]43C)[C@@H]12.